The maximum atomic E-state index is 12.8. The van der Waals surface area contributed by atoms with Crippen molar-refractivity contribution < 1.29 is 9.59 Å². The molecule has 22 heavy (non-hydrogen) atoms. The number of nitrogens with zero attached hydrogens (tertiary/aromatic N) is 3. The third kappa shape index (κ3) is 1.94. The number of anilines is 1. The summed E-state index contributed by atoms with van der Waals surface area (Å²) in [5, 5.41) is 2.08. The third-order valence-corrected chi connectivity index (χ3v) is 4.60. The van der Waals surface area contributed by atoms with Gasteiger partial charge in [-0.2, -0.15) is 0 Å². The van der Waals surface area contributed by atoms with Crippen molar-refractivity contribution in [2.75, 3.05) is 5.01 Å². The second-order valence-corrected chi connectivity index (χ2v) is 5.86. The van der Waals surface area contributed by atoms with E-state index in [0.29, 0.717) is 5.82 Å². The molecule has 6 nitrogen and oxygen atoms in total. The minimum Gasteiger partial charge on any atom is -0.273 e. The van der Waals surface area contributed by atoms with E-state index in [-0.39, 0.29) is 23.7 Å². The van der Waals surface area contributed by atoms with Gasteiger partial charge in [-0.05, 0) is 25.0 Å². The minimum absolute atomic E-state index is 0.0619. The number of nitrogens with one attached hydrogen (secondary N) is 1. The summed E-state index contributed by atoms with van der Waals surface area (Å²) in [4.78, 5) is 33.6. The highest BCUT2D eigenvalue weighted by Crippen LogP contribution is 2.36. The van der Waals surface area contributed by atoms with Crippen LogP contribution in [0.1, 0.15) is 25.7 Å². The van der Waals surface area contributed by atoms with Crippen LogP contribution in [0.3, 0.4) is 0 Å². The number of amides is 2. The van der Waals surface area contributed by atoms with Crippen LogP contribution in [0.5, 0.6) is 0 Å². The molecule has 2 heterocycles. The average molecular weight is 296 g/mol. The molecule has 4 rings (SSSR count). The lowest BCUT2D eigenvalue weighted by Gasteiger charge is -2.39. The van der Waals surface area contributed by atoms with Crippen molar-refractivity contribution in [2.24, 2.45) is 11.8 Å². The predicted octanol–water partition coefficient (Wildman–Crippen LogP) is 1.81. The van der Waals surface area contributed by atoms with Gasteiger partial charge in [0.25, 0.3) is 5.91 Å². The van der Waals surface area contributed by atoms with Crippen LogP contribution in [-0.4, -0.2) is 21.8 Å². The standard InChI is InChI=1S/C16H16N4O2/c21-15-10-5-1-2-6-11(10)16(22)20(19-15)14-12-7-3-4-8-13(12)17-9-18-14/h3-4,7-11H,1-2,5-6H2,(H,19,21)/t10-,11+/m0/s1. The molecule has 0 unspecified atom stereocenters. The molecule has 1 saturated carbocycles. The number of aromatic nitrogens is 2. The van der Waals surface area contributed by atoms with E-state index in [1.54, 1.807) is 0 Å². The van der Waals surface area contributed by atoms with Gasteiger partial charge < -0.3 is 0 Å². The van der Waals surface area contributed by atoms with E-state index in [0.717, 1.165) is 36.6 Å². The van der Waals surface area contributed by atoms with E-state index in [1.165, 1.54) is 11.3 Å². The summed E-state index contributed by atoms with van der Waals surface area (Å²) in [6, 6.07) is 7.47. The third-order valence-electron chi connectivity index (χ3n) is 4.60. The SMILES string of the molecule is O=C1NN(c2ncnc3ccccc23)C(=O)[C@@H]2CCCC[C@H]12. The zero-order valence-electron chi connectivity index (χ0n) is 12.0. The fourth-order valence-electron chi connectivity index (χ4n) is 3.48. The molecule has 2 fully saturated rings. The molecule has 1 saturated heterocycles. The maximum Gasteiger partial charge on any atom is 0.251 e. The molecule has 2 aliphatic rings. The minimum atomic E-state index is -0.226. The Morgan fingerprint density at radius 1 is 1.05 bits per heavy atom. The molecule has 6 heteroatoms. The van der Waals surface area contributed by atoms with E-state index in [9.17, 15) is 9.59 Å². The molecule has 0 radical (unpaired) electrons. The summed E-state index contributed by atoms with van der Waals surface area (Å²) < 4.78 is 0. The fraction of sp³-hybridized carbons (Fsp3) is 0.375. The molecule has 1 aromatic heterocycles. The van der Waals surface area contributed by atoms with Crippen LogP contribution >= 0.6 is 0 Å². The Balaban J connectivity index is 1.78. The van der Waals surface area contributed by atoms with Gasteiger partial charge in [0.15, 0.2) is 5.82 Å². The van der Waals surface area contributed by atoms with Gasteiger partial charge in [0.05, 0.1) is 17.4 Å². The highest BCUT2D eigenvalue weighted by Gasteiger charge is 2.44. The van der Waals surface area contributed by atoms with Crippen molar-refractivity contribution in [1.82, 2.24) is 15.4 Å². The van der Waals surface area contributed by atoms with Crippen molar-refractivity contribution in [3.05, 3.63) is 30.6 Å². The summed E-state index contributed by atoms with van der Waals surface area (Å²) in [7, 11) is 0. The van der Waals surface area contributed by atoms with Crippen LogP contribution in [0.4, 0.5) is 5.82 Å². The molecule has 112 valence electrons. The second kappa shape index (κ2) is 5.05. The molecule has 1 aliphatic carbocycles. The van der Waals surface area contributed by atoms with E-state index in [1.807, 2.05) is 24.3 Å². The Morgan fingerprint density at radius 2 is 1.82 bits per heavy atom. The van der Waals surface area contributed by atoms with E-state index in [4.69, 9.17) is 0 Å². The zero-order valence-corrected chi connectivity index (χ0v) is 12.0. The first-order chi connectivity index (χ1) is 10.8. The summed E-state index contributed by atoms with van der Waals surface area (Å²) in [6.07, 6.45) is 5.00. The number of benzene rings is 1. The first-order valence-corrected chi connectivity index (χ1v) is 7.60. The molecule has 1 N–H and O–H groups in total. The first kappa shape index (κ1) is 13.2. The molecule has 1 aliphatic heterocycles. The van der Waals surface area contributed by atoms with Crippen LogP contribution in [0.25, 0.3) is 10.9 Å². The van der Waals surface area contributed by atoms with E-state index in [2.05, 4.69) is 15.4 Å². The molecule has 0 bridgehead atoms. The number of hydrazine groups is 1. The normalized spacial score (nSPS) is 25.0. The topological polar surface area (TPSA) is 75.2 Å². The largest absolute Gasteiger partial charge is 0.273 e. The number of hydrogen-bond acceptors (Lipinski definition) is 4. The molecule has 2 atom stereocenters. The zero-order chi connectivity index (χ0) is 15.1. The molecular formula is C16H16N4O2. The Hall–Kier alpha value is -2.50. The maximum absolute atomic E-state index is 12.8. The van der Waals surface area contributed by atoms with Crippen LogP contribution in [0.2, 0.25) is 0 Å². The van der Waals surface area contributed by atoms with Gasteiger partial charge in [-0.1, -0.05) is 25.0 Å². The smallest absolute Gasteiger partial charge is 0.251 e. The van der Waals surface area contributed by atoms with Gasteiger partial charge in [0.1, 0.15) is 6.33 Å². The van der Waals surface area contributed by atoms with Crippen molar-refractivity contribution in [2.45, 2.75) is 25.7 Å². The molecular weight excluding hydrogens is 280 g/mol. The Labute approximate surface area is 127 Å². The predicted molar refractivity (Wildman–Crippen MR) is 80.6 cm³/mol. The van der Waals surface area contributed by atoms with E-state index < -0.39 is 0 Å². The molecule has 2 aromatic rings. The Bertz CT molecular complexity index is 755. The fourth-order valence-corrected chi connectivity index (χ4v) is 3.48. The van der Waals surface area contributed by atoms with Crippen molar-refractivity contribution in [1.29, 1.82) is 0 Å². The highest BCUT2D eigenvalue weighted by molar-refractivity contribution is 6.07. The van der Waals surface area contributed by atoms with Crippen molar-refractivity contribution >= 4 is 28.5 Å². The van der Waals surface area contributed by atoms with Gasteiger partial charge in [0, 0.05) is 5.39 Å². The van der Waals surface area contributed by atoms with Crippen LogP contribution < -0.4 is 10.4 Å². The van der Waals surface area contributed by atoms with Crippen molar-refractivity contribution in [3.8, 4) is 0 Å². The van der Waals surface area contributed by atoms with E-state index >= 15 is 0 Å². The van der Waals surface area contributed by atoms with Crippen LogP contribution in [0, 0.1) is 11.8 Å². The molecule has 1 aromatic carbocycles. The highest BCUT2D eigenvalue weighted by atomic mass is 16.2. The lowest BCUT2D eigenvalue weighted by atomic mass is 9.77. The number of fused-ring (bicyclic) bond motifs is 2. The Morgan fingerprint density at radius 3 is 2.68 bits per heavy atom. The number of carbonyl (C=O) groups is 2. The molecule has 0 spiro atoms. The lowest BCUT2D eigenvalue weighted by Crippen LogP contribution is -2.60. The van der Waals surface area contributed by atoms with Gasteiger partial charge in [0.2, 0.25) is 5.91 Å². The quantitative estimate of drug-likeness (QED) is 0.871. The average Bonchev–Trinajstić information content (AvgIpc) is 2.58. The number of para-hydroxylation sites is 1. The summed E-state index contributed by atoms with van der Waals surface area (Å²) >= 11 is 0. The number of hydrogen-bond donors (Lipinski definition) is 1. The molecule has 2 amide bonds. The van der Waals surface area contributed by atoms with Gasteiger partial charge in [-0.15, -0.1) is 0 Å². The Kier molecular flexibility index (Phi) is 3.03. The number of carbonyl (C=O) groups excluding carboxylic acids is 2. The van der Waals surface area contributed by atoms with Crippen LogP contribution in [0.15, 0.2) is 30.6 Å². The van der Waals surface area contributed by atoms with Gasteiger partial charge in [-0.25, -0.2) is 15.0 Å². The first-order valence-electron chi connectivity index (χ1n) is 7.60. The summed E-state index contributed by atoms with van der Waals surface area (Å²) in [5.41, 5.74) is 3.48. The number of rotatable bonds is 1. The van der Waals surface area contributed by atoms with Gasteiger partial charge >= 0.3 is 0 Å². The second-order valence-electron chi connectivity index (χ2n) is 5.86. The van der Waals surface area contributed by atoms with Crippen LogP contribution in [-0.2, 0) is 9.59 Å². The summed E-state index contributed by atoms with van der Waals surface area (Å²) in [5.74, 6) is -0.102. The van der Waals surface area contributed by atoms with Gasteiger partial charge in [-0.3, -0.25) is 15.0 Å². The monoisotopic (exact) mass is 296 g/mol. The van der Waals surface area contributed by atoms with Crippen molar-refractivity contribution in [3.63, 3.8) is 0 Å². The lowest BCUT2D eigenvalue weighted by molar-refractivity contribution is -0.141. The summed E-state index contributed by atoms with van der Waals surface area (Å²) in [6.45, 7) is 0.